The maximum absolute atomic E-state index is 12.0. The van der Waals surface area contributed by atoms with Gasteiger partial charge in [0.2, 0.25) is 0 Å². The molecule has 0 amide bonds. The molecule has 0 aromatic heterocycles. The molecule has 0 saturated carbocycles. The van der Waals surface area contributed by atoms with Gasteiger partial charge in [-0.2, -0.15) is 0 Å². The van der Waals surface area contributed by atoms with Crippen LogP contribution in [0, 0.1) is 5.92 Å². The van der Waals surface area contributed by atoms with Crippen molar-refractivity contribution in [3.8, 4) is 0 Å². The fraction of sp³-hybridized carbons (Fsp3) is 0.480. The van der Waals surface area contributed by atoms with Gasteiger partial charge in [0.1, 0.15) is 0 Å². The van der Waals surface area contributed by atoms with Crippen molar-refractivity contribution in [3.05, 3.63) is 71.8 Å². The van der Waals surface area contributed by atoms with E-state index in [1.807, 2.05) is 6.92 Å². The maximum Gasteiger partial charge on any atom is 0.310 e. The van der Waals surface area contributed by atoms with Crippen molar-refractivity contribution in [1.82, 2.24) is 4.90 Å². The zero-order valence-electron chi connectivity index (χ0n) is 17.5. The molecule has 1 aliphatic rings. The van der Waals surface area contributed by atoms with Crippen LogP contribution in [0.15, 0.2) is 60.7 Å². The van der Waals surface area contributed by atoms with E-state index in [-0.39, 0.29) is 11.9 Å². The third-order valence-electron chi connectivity index (χ3n) is 5.63. The quantitative estimate of drug-likeness (QED) is 0.439. The summed E-state index contributed by atoms with van der Waals surface area (Å²) < 4.78 is 11.2. The summed E-state index contributed by atoms with van der Waals surface area (Å²) in [5.74, 6) is 0.316. The van der Waals surface area contributed by atoms with Crippen molar-refractivity contribution in [2.75, 3.05) is 39.5 Å². The smallest absolute Gasteiger partial charge is 0.310 e. The van der Waals surface area contributed by atoms with Crippen molar-refractivity contribution in [1.29, 1.82) is 0 Å². The van der Waals surface area contributed by atoms with Gasteiger partial charge in [0.25, 0.3) is 0 Å². The molecular weight excluding hydrogens is 362 g/mol. The van der Waals surface area contributed by atoms with Crippen LogP contribution in [-0.2, 0) is 14.3 Å². The van der Waals surface area contributed by atoms with Gasteiger partial charge in [0, 0.05) is 25.6 Å². The second kappa shape index (κ2) is 11.7. The predicted octanol–water partition coefficient (Wildman–Crippen LogP) is 4.50. The first kappa shape index (κ1) is 21.5. The first-order chi connectivity index (χ1) is 14.3. The number of benzene rings is 2. The van der Waals surface area contributed by atoms with Crippen molar-refractivity contribution in [3.63, 3.8) is 0 Å². The van der Waals surface area contributed by atoms with Gasteiger partial charge in [-0.15, -0.1) is 0 Å². The molecule has 0 spiro atoms. The van der Waals surface area contributed by atoms with Gasteiger partial charge in [-0.05, 0) is 43.9 Å². The van der Waals surface area contributed by atoms with Gasteiger partial charge in [0.05, 0.1) is 19.1 Å². The molecule has 2 aromatic carbocycles. The Balaban J connectivity index is 1.44. The SMILES string of the molecule is CCOC(=O)[C@@H]1CCCN(CCOCCC(c2ccccc2)c2ccccc2)C1. The number of hydrogen-bond acceptors (Lipinski definition) is 4. The van der Waals surface area contributed by atoms with Crippen LogP contribution in [-0.4, -0.2) is 50.3 Å². The number of rotatable bonds is 10. The van der Waals surface area contributed by atoms with E-state index in [0.717, 1.165) is 45.5 Å². The van der Waals surface area contributed by atoms with Gasteiger partial charge in [-0.1, -0.05) is 60.7 Å². The third kappa shape index (κ3) is 6.69. The molecule has 1 saturated heterocycles. The largest absolute Gasteiger partial charge is 0.466 e. The van der Waals surface area contributed by atoms with E-state index in [0.29, 0.717) is 19.1 Å². The zero-order chi connectivity index (χ0) is 20.3. The van der Waals surface area contributed by atoms with Crippen LogP contribution in [0.2, 0.25) is 0 Å². The number of piperidine rings is 1. The van der Waals surface area contributed by atoms with E-state index in [1.54, 1.807) is 0 Å². The monoisotopic (exact) mass is 395 g/mol. The highest BCUT2D eigenvalue weighted by Crippen LogP contribution is 2.27. The Morgan fingerprint density at radius 3 is 2.31 bits per heavy atom. The molecule has 2 aromatic rings. The summed E-state index contributed by atoms with van der Waals surface area (Å²) in [5.41, 5.74) is 2.66. The van der Waals surface area contributed by atoms with Gasteiger partial charge in [-0.3, -0.25) is 4.79 Å². The molecular formula is C25H33NO3. The zero-order valence-corrected chi connectivity index (χ0v) is 17.5. The molecule has 29 heavy (non-hydrogen) atoms. The number of nitrogens with zero attached hydrogens (tertiary/aromatic N) is 1. The van der Waals surface area contributed by atoms with E-state index < -0.39 is 0 Å². The third-order valence-corrected chi connectivity index (χ3v) is 5.63. The molecule has 156 valence electrons. The summed E-state index contributed by atoms with van der Waals surface area (Å²) in [6, 6.07) is 21.3. The average molecular weight is 396 g/mol. The van der Waals surface area contributed by atoms with Crippen LogP contribution < -0.4 is 0 Å². The summed E-state index contributed by atoms with van der Waals surface area (Å²) in [7, 11) is 0. The Kier molecular flexibility index (Phi) is 8.72. The molecule has 0 radical (unpaired) electrons. The maximum atomic E-state index is 12.0. The molecule has 1 fully saturated rings. The predicted molar refractivity (Wildman–Crippen MR) is 116 cm³/mol. The normalized spacial score (nSPS) is 17.4. The fourth-order valence-electron chi connectivity index (χ4n) is 4.10. The highest BCUT2D eigenvalue weighted by atomic mass is 16.5. The Bertz CT molecular complexity index is 680. The van der Waals surface area contributed by atoms with Crippen LogP contribution in [0.4, 0.5) is 0 Å². The molecule has 4 nitrogen and oxygen atoms in total. The Hall–Kier alpha value is -2.17. The van der Waals surface area contributed by atoms with E-state index in [4.69, 9.17) is 9.47 Å². The van der Waals surface area contributed by atoms with Gasteiger partial charge in [0.15, 0.2) is 0 Å². The number of hydrogen-bond donors (Lipinski definition) is 0. The highest BCUT2D eigenvalue weighted by molar-refractivity contribution is 5.72. The highest BCUT2D eigenvalue weighted by Gasteiger charge is 2.26. The van der Waals surface area contributed by atoms with Crippen molar-refractivity contribution >= 4 is 5.97 Å². The minimum atomic E-state index is -0.0494. The summed E-state index contributed by atoms with van der Waals surface area (Å²) >= 11 is 0. The molecule has 3 rings (SSSR count). The lowest BCUT2D eigenvalue weighted by Gasteiger charge is -2.31. The van der Waals surface area contributed by atoms with Gasteiger partial charge in [-0.25, -0.2) is 0 Å². The van der Waals surface area contributed by atoms with E-state index >= 15 is 0 Å². The summed E-state index contributed by atoms with van der Waals surface area (Å²) in [4.78, 5) is 14.3. The lowest BCUT2D eigenvalue weighted by molar-refractivity contribution is -0.150. The molecule has 1 aliphatic heterocycles. The molecule has 4 heteroatoms. The number of likely N-dealkylation sites (tertiary alicyclic amines) is 1. The Morgan fingerprint density at radius 1 is 1.03 bits per heavy atom. The molecule has 0 N–H and O–H groups in total. The van der Waals surface area contributed by atoms with E-state index in [2.05, 4.69) is 65.6 Å². The van der Waals surface area contributed by atoms with Crippen LogP contribution in [0.25, 0.3) is 0 Å². The molecule has 0 aliphatic carbocycles. The van der Waals surface area contributed by atoms with Crippen LogP contribution >= 0.6 is 0 Å². The first-order valence-corrected chi connectivity index (χ1v) is 10.8. The lowest BCUT2D eigenvalue weighted by atomic mass is 9.89. The topological polar surface area (TPSA) is 38.8 Å². The molecule has 0 bridgehead atoms. The van der Waals surface area contributed by atoms with Gasteiger partial charge >= 0.3 is 5.97 Å². The van der Waals surface area contributed by atoms with Crippen LogP contribution in [0.1, 0.15) is 43.2 Å². The minimum Gasteiger partial charge on any atom is -0.466 e. The van der Waals surface area contributed by atoms with Crippen molar-refractivity contribution < 1.29 is 14.3 Å². The van der Waals surface area contributed by atoms with Crippen LogP contribution in [0.3, 0.4) is 0 Å². The Morgan fingerprint density at radius 2 is 1.69 bits per heavy atom. The van der Waals surface area contributed by atoms with Crippen LogP contribution in [0.5, 0.6) is 0 Å². The second-order valence-corrected chi connectivity index (χ2v) is 7.67. The average Bonchev–Trinajstić information content (AvgIpc) is 2.78. The summed E-state index contributed by atoms with van der Waals surface area (Å²) in [6.45, 7) is 6.45. The van der Waals surface area contributed by atoms with Crippen molar-refractivity contribution in [2.45, 2.75) is 32.1 Å². The van der Waals surface area contributed by atoms with E-state index in [1.165, 1.54) is 11.1 Å². The summed E-state index contributed by atoms with van der Waals surface area (Å²) in [6.07, 6.45) is 2.94. The Labute approximate surface area is 174 Å². The fourth-order valence-corrected chi connectivity index (χ4v) is 4.10. The standard InChI is InChI=1S/C25H33NO3/c1-2-29-25(27)23-14-9-16-26(20-23)17-19-28-18-15-24(21-10-5-3-6-11-21)22-12-7-4-8-13-22/h3-8,10-13,23-24H,2,9,14-20H2,1H3/t23-/m1/s1. The minimum absolute atomic E-state index is 0.0178. The number of ether oxygens (including phenoxy) is 2. The first-order valence-electron chi connectivity index (χ1n) is 10.8. The molecule has 0 unspecified atom stereocenters. The summed E-state index contributed by atoms with van der Waals surface area (Å²) in [5, 5.41) is 0. The number of carbonyl (C=O) groups excluding carboxylic acids is 1. The van der Waals surface area contributed by atoms with E-state index in [9.17, 15) is 4.79 Å². The number of esters is 1. The number of carbonyl (C=O) groups is 1. The second-order valence-electron chi connectivity index (χ2n) is 7.67. The molecule has 1 heterocycles. The lowest BCUT2D eigenvalue weighted by Crippen LogP contribution is -2.40. The molecule has 1 atom stereocenters. The van der Waals surface area contributed by atoms with Crippen molar-refractivity contribution in [2.24, 2.45) is 5.92 Å². The van der Waals surface area contributed by atoms with Gasteiger partial charge < -0.3 is 14.4 Å².